The van der Waals surface area contributed by atoms with Crippen molar-refractivity contribution in [1.29, 1.82) is 0 Å². The Labute approximate surface area is 192 Å². The summed E-state index contributed by atoms with van der Waals surface area (Å²) in [6, 6.07) is 17.0. The van der Waals surface area contributed by atoms with Crippen molar-refractivity contribution >= 4 is 34.8 Å². The molecule has 0 atom stereocenters. The number of hydrogen-bond acceptors (Lipinski definition) is 6. The molecule has 0 fully saturated rings. The van der Waals surface area contributed by atoms with E-state index in [2.05, 4.69) is 25.8 Å². The third kappa shape index (κ3) is 5.86. The number of nitrogen functional groups attached to an aromatic ring is 1. The lowest BCUT2D eigenvalue weighted by molar-refractivity contribution is 0.0951. The predicted molar refractivity (Wildman–Crippen MR) is 131 cm³/mol. The second kappa shape index (κ2) is 10.5. The van der Waals surface area contributed by atoms with Crippen LogP contribution in [0.3, 0.4) is 0 Å². The van der Waals surface area contributed by atoms with Gasteiger partial charge in [0.15, 0.2) is 10.9 Å². The van der Waals surface area contributed by atoms with Crippen LogP contribution in [0, 0.1) is 0 Å². The average Bonchev–Trinajstić information content (AvgIpc) is 2.81. The molecule has 1 aromatic heterocycles. The van der Waals surface area contributed by atoms with E-state index in [-0.39, 0.29) is 11.7 Å². The number of thiocarbonyl (C=S) groups is 1. The first kappa shape index (κ1) is 22.8. The molecule has 0 bridgehead atoms. The number of benzene rings is 2. The molecule has 1 amide bonds. The Hall–Kier alpha value is -3.85. The number of amides is 1. The van der Waals surface area contributed by atoms with Crippen molar-refractivity contribution in [2.45, 2.75) is 13.5 Å². The monoisotopic (exact) mass is 447 g/mol. The summed E-state index contributed by atoms with van der Waals surface area (Å²) < 4.78 is 0. The van der Waals surface area contributed by atoms with E-state index in [9.17, 15) is 4.79 Å². The van der Waals surface area contributed by atoms with Crippen LogP contribution < -0.4 is 16.5 Å². The van der Waals surface area contributed by atoms with E-state index < -0.39 is 0 Å². The fourth-order valence-electron chi connectivity index (χ4n) is 2.79. The third-order valence-electron chi connectivity index (χ3n) is 4.59. The highest BCUT2D eigenvalue weighted by molar-refractivity contribution is 7.80. The molecule has 32 heavy (non-hydrogen) atoms. The van der Waals surface area contributed by atoms with Crippen LogP contribution in [0.4, 0.5) is 5.82 Å². The van der Waals surface area contributed by atoms with Crippen LogP contribution in [0.5, 0.6) is 0 Å². The standard InChI is InChI=1S/C23H25N7OS/c1-15(28-29-23(32)30(2)3)20-21(24)25-14-19(27-20)17-10-7-11-18(12-17)22(31)26-13-16-8-5-4-6-9-16/h4-12,14H,13H2,1-3H3,(H2,24,25)(H,26,31)(H,29,32). The molecule has 3 aromatic rings. The first-order chi connectivity index (χ1) is 15.3. The van der Waals surface area contributed by atoms with Gasteiger partial charge in [-0.15, -0.1) is 0 Å². The summed E-state index contributed by atoms with van der Waals surface area (Å²) >= 11 is 5.18. The zero-order valence-electron chi connectivity index (χ0n) is 18.2. The van der Waals surface area contributed by atoms with Gasteiger partial charge in [0.05, 0.1) is 17.6 Å². The van der Waals surface area contributed by atoms with Gasteiger partial charge in [0.1, 0.15) is 5.69 Å². The fraction of sp³-hybridized carbons (Fsp3) is 0.174. The van der Waals surface area contributed by atoms with Crippen molar-refractivity contribution in [1.82, 2.24) is 25.6 Å². The molecule has 3 rings (SSSR count). The highest BCUT2D eigenvalue weighted by Crippen LogP contribution is 2.20. The van der Waals surface area contributed by atoms with Gasteiger partial charge in [0, 0.05) is 31.8 Å². The second-order valence-electron chi connectivity index (χ2n) is 7.25. The molecular weight excluding hydrogens is 422 g/mol. The van der Waals surface area contributed by atoms with Crippen molar-refractivity contribution in [3.8, 4) is 11.3 Å². The van der Waals surface area contributed by atoms with E-state index >= 15 is 0 Å². The first-order valence-electron chi connectivity index (χ1n) is 9.92. The molecule has 1 heterocycles. The topological polar surface area (TPSA) is 109 Å². The van der Waals surface area contributed by atoms with Gasteiger partial charge in [-0.05, 0) is 36.8 Å². The maximum atomic E-state index is 12.6. The SMILES string of the molecule is CC(=NNC(=S)N(C)C)c1nc(-c2cccc(C(=O)NCc3ccccc3)c2)cnc1N. The van der Waals surface area contributed by atoms with Gasteiger partial charge in [-0.3, -0.25) is 10.2 Å². The van der Waals surface area contributed by atoms with Crippen LogP contribution in [0.1, 0.15) is 28.5 Å². The number of nitrogens with one attached hydrogen (secondary N) is 2. The molecule has 164 valence electrons. The van der Waals surface area contributed by atoms with Crippen LogP contribution in [0.2, 0.25) is 0 Å². The molecule has 0 aliphatic carbocycles. The molecule has 8 nitrogen and oxygen atoms in total. The second-order valence-corrected chi connectivity index (χ2v) is 7.63. The average molecular weight is 448 g/mol. The van der Waals surface area contributed by atoms with Gasteiger partial charge in [-0.25, -0.2) is 9.97 Å². The van der Waals surface area contributed by atoms with Crippen LogP contribution >= 0.6 is 12.2 Å². The largest absolute Gasteiger partial charge is 0.382 e. The summed E-state index contributed by atoms with van der Waals surface area (Å²) in [6.45, 7) is 2.22. The molecule has 0 spiro atoms. The van der Waals surface area contributed by atoms with Gasteiger partial charge >= 0.3 is 0 Å². The van der Waals surface area contributed by atoms with Crippen LogP contribution in [0.15, 0.2) is 65.9 Å². The van der Waals surface area contributed by atoms with Crippen molar-refractivity contribution in [3.63, 3.8) is 0 Å². The van der Waals surface area contributed by atoms with E-state index in [1.165, 1.54) is 0 Å². The number of anilines is 1. The Bertz CT molecular complexity index is 1150. The minimum atomic E-state index is -0.168. The quantitative estimate of drug-likeness (QED) is 0.303. The highest BCUT2D eigenvalue weighted by atomic mass is 32.1. The summed E-state index contributed by atoms with van der Waals surface area (Å²) in [4.78, 5) is 23.2. The number of carbonyl (C=O) groups excluding carboxylic acids is 1. The maximum Gasteiger partial charge on any atom is 0.251 e. The Morgan fingerprint density at radius 1 is 1.16 bits per heavy atom. The van der Waals surface area contributed by atoms with Gasteiger partial charge in [-0.2, -0.15) is 5.10 Å². The Morgan fingerprint density at radius 2 is 1.91 bits per heavy atom. The molecule has 2 aromatic carbocycles. The smallest absolute Gasteiger partial charge is 0.251 e. The number of hydrogen-bond donors (Lipinski definition) is 3. The van der Waals surface area contributed by atoms with Crippen molar-refractivity contribution in [2.24, 2.45) is 5.10 Å². The molecule has 0 saturated carbocycles. The molecule has 0 unspecified atom stereocenters. The number of rotatable bonds is 6. The van der Waals surface area contributed by atoms with Crippen molar-refractivity contribution < 1.29 is 4.79 Å². The molecule has 0 radical (unpaired) electrons. The zero-order valence-corrected chi connectivity index (χ0v) is 19.0. The lowest BCUT2D eigenvalue weighted by Gasteiger charge is -2.13. The Morgan fingerprint density at radius 3 is 2.62 bits per heavy atom. The van der Waals surface area contributed by atoms with Gasteiger partial charge in [-0.1, -0.05) is 42.5 Å². The molecule has 0 saturated heterocycles. The summed E-state index contributed by atoms with van der Waals surface area (Å²) in [7, 11) is 3.63. The lowest BCUT2D eigenvalue weighted by atomic mass is 10.1. The predicted octanol–water partition coefficient (Wildman–Crippen LogP) is 2.82. The van der Waals surface area contributed by atoms with Gasteiger partial charge in [0.2, 0.25) is 0 Å². The van der Waals surface area contributed by atoms with Crippen LogP contribution in [0.25, 0.3) is 11.3 Å². The minimum Gasteiger partial charge on any atom is -0.382 e. The van der Waals surface area contributed by atoms with E-state index in [1.807, 2.05) is 56.6 Å². The number of carbonyl (C=O) groups is 1. The molecule has 4 N–H and O–H groups in total. The molecule has 0 aliphatic heterocycles. The number of nitrogens with two attached hydrogens (primary N) is 1. The number of hydrazone groups is 1. The van der Waals surface area contributed by atoms with Crippen LogP contribution in [-0.2, 0) is 6.54 Å². The normalized spacial score (nSPS) is 11.0. The summed E-state index contributed by atoms with van der Waals surface area (Å²) in [5.41, 5.74) is 12.7. The zero-order chi connectivity index (χ0) is 23.1. The van der Waals surface area contributed by atoms with Crippen molar-refractivity contribution in [2.75, 3.05) is 19.8 Å². The molecule has 0 aliphatic rings. The van der Waals surface area contributed by atoms with Crippen molar-refractivity contribution in [3.05, 3.63) is 77.6 Å². The summed E-state index contributed by atoms with van der Waals surface area (Å²) in [5, 5.41) is 7.64. The van der Waals surface area contributed by atoms with E-state index in [0.29, 0.717) is 34.3 Å². The fourth-order valence-corrected chi connectivity index (χ4v) is 2.83. The maximum absolute atomic E-state index is 12.6. The van der Waals surface area contributed by atoms with Crippen LogP contribution in [-0.4, -0.2) is 45.7 Å². The third-order valence-corrected chi connectivity index (χ3v) is 5.04. The van der Waals surface area contributed by atoms with Gasteiger partial charge < -0.3 is 16.0 Å². The van der Waals surface area contributed by atoms with E-state index in [4.69, 9.17) is 18.0 Å². The highest BCUT2D eigenvalue weighted by Gasteiger charge is 2.12. The first-order valence-corrected chi connectivity index (χ1v) is 10.3. The molecular formula is C23H25N7OS. The van der Waals surface area contributed by atoms with Gasteiger partial charge in [0.25, 0.3) is 5.91 Å². The lowest BCUT2D eigenvalue weighted by Crippen LogP contribution is -2.31. The number of aromatic nitrogens is 2. The Balaban J connectivity index is 1.79. The Kier molecular flexibility index (Phi) is 7.45. The summed E-state index contributed by atoms with van der Waals surface area (Å²) in [6.07, 6.45) is 1.57. The van der Waals surface area contributed by atoms with E-state index in [0.717, 1.165) is 11.1 Å². The minimum absolute atomic E-state index is 0.168. The summed E-state index contributed by atoms with van der Waals surface area (Å²) in [5.74, 6) is 0.0859. The molecule has 9 heteroatoms. The van der Waals surface area contributed by atoms with E-state index in [1.54, 1.807) is 30.2 Å². The number of nitrogens with zero attached hydrogens (tertiary/aromatic N) is 4.